The van der Waals surface area contributed by atoms with Gasteiger partial charge in [-0.15, -0.1) is 0 Å². The van der Waals surface area contributed by atoms with Crippen LogP contribution in [0.2, 0.25) is 0 Å². The van der Waals surface area contributed by atoms with Gasteiger partial charge in [-0.1, -0.05) is 12.1 Å². The van der Waals surface area contributed by atoms with Crippen LogP contribution in [0.15, 0.2) is 47.5 Å². The largest absolute Gasteiger partial charge is 0.332 e. The SMILES string of the molecule is O=c1c2ccccc2[nH]c(=S)n1CCCn1cccn1. The Morgan fingerprint density at radius 1 is 1.20 bits per heavy atom. The fraction of sp³-hybridized carbons (Fsp3) is 0.214. The molecule has 0 saturated heterocycles. The molecule has 0 saturated carbocycles. The van der Waals surface area contributed by atoms with Crippen LogP contribution in [-0.2, 0) is 13.1 Å². The summed E-state index contributed by atoms with van der Waals surface area (Å²) in [6, 6.07) is 9.30. The van der Waals surface area contributed by atoms with Gasteiger partial charge in [0, 0.05) is 25.5 Å². The standard InChI is InChI=1S/C14H14N4OS/c19-13-11-5-1-2-6-12(11)16-14(20)18(13)10-4-9-17-8-3-7-15-17/h1-3,5-8H,4,9-10H2,(H,16,20). The molecule has 0 radical (unpaired) electrons. The van der Waals surface area contributed by atoms with E-state index in [0.717, 1.165) is 18.5 Å². The summed E-state index contributed by atoms with van der Waals surface area (Å²) in [5, 5.41) is 4.80. The summed E-state index contributed by atoms with van der Waals surface area (Å²) in [7, 11) is 0. The number of para-hydroxylation sites is 1. The normalized spacial score (nSPS) is 11.0. The molecule has 5 nitrogen and oxygen atoms in total. The molecule has 6 heteroatoms. The second kappa shape index (κ2) is 5.42. The molecule has 0 spiro atoms. The lowest BCUT2D eigenvalue weighted by Gasteiger charge is -2.08. The van der Waals surface area contributed by atoms with Crippen LogP contribution in [0.5, 0.6) is 0 Å². The second-order valence-electron chi connectivity index (χ2n) is 4.56. The zero-order chi connectivity index (χ0) is 13.9. The number of H-pyrrole nitrogens is 1. The van der Waals surface area contributed by atoms with E-state index in [1.54, 1.807) is 10.8 Å². The van der Waals surface area contributed by atoms with Crippen LogP contribution in [0.25, 0.3) is 10.9 Å². The fourth-order valence-corrected chi connectivity index (χ4v) is 2.51. The van der Waals surface area contributed by atoms with Crippen LogP contribution in [0.4, 0.5) is 0 Å². The van der Waals surface area contributed by atoms with Crippen LogP contribution in [0.3, 0.4) is 0 Å². The van der Waals surface area contributed by atoms with Crippen molar-refractivity contribution in [3.63, 3.8) is 0 Å². The summed E-state index contributed by atoms with van der Waals surface area (Å²) in [4.78, 5) is 15.5. The molecular weight excluding hydrogens is 272 g/mol. The Bertz CT molecular complexity index is 832. The Labute approximate surface area is 120 Å². The summed E-state index contributed by atoms with van der Waals surface area (Å²) in [5.41, 5.74) is 0.746. The first-order valence-corrected chi connectivity index (χ1v) is 6.86. The molecule has 0 aliphatic carbocycles. The van der Waals surface area contributed by atoms with Gasteiger partial charge >= 0.3 is 0 Å². The molecule has 2 heterocycles. The predicted molar refractivity (Wildman–Crippen MR) is 80.2 cm³/mol. The molecule has 0 bridgehead atoms. The maximum absolute atomic E-state index is 12.4. The fourth-order valence-electron chi connectivity index (χ4n) is 2.23. The summed E-state index contributed by atoms with van der Waals surface area (Å²) < 4.78 is 3.93. The number of fused-ring (bicyclic) bond motifs is 1. The maximum atomic E-state index is 12.4. The highest BCUT2D eigenvalue weighted by Crippen LogP contribution is 2.06. The minimum Gasteiger partial charge on any atom is -0.332 e. The first-order valence-electron chi connectivity index (χ1n) is 6.45. The Morgan fingerprint density at radius 3 is 2.85 bits per heavy atom. The first kappa shape index (κ1) is 12.8. The number of aromatic amines is 1. The zero-order valence-corrected chi connectivity index (χ0v) is 11.6. The van der Waals surface area contributed by atoms with Crippen LogP contribution >= 0.6 is 12.2 Å². The quantitative estimate of drug-likeness (QED) is 0.749. The third-order valence-electron chi connectivity index (χ3n) is 3.22. The van der Waals surface area contributed by atoms with Gasteiger partial charge in [-0.2, -0.15) is 5.10 Å². The van der Waals surface area contributed by atoms with Crippen molar-refractivity contribution in [2.45, 2.75) is 19.5 Å². The molecule has 3 rings (SSSR count). The van der Waals surface area contributed by atoms with E-state index in [4.69, 9.17) is 12.2 Å². The first-order chi connectivity index (χ1) is 9.75. The molecule has 1 aromatic carbocycles. The lowest BCUT2D eigenvalue weighted by molar-refractivity contribution is 0.515. The smallest absolute Gasteiger partial charge is 0.262 e. The number of rotatable bonds is 4. The summed E-state index contributed by atoms with van der Waals surface area (Å²) in [5.74, 6) is 0. The molecule has 0 aliphatic heterocycles. The third-order valence-corrected chi connectivity index (χ3v) is 3.54. The van der Waals surface area contributed by atoms with E-state index < -0.39 is 0 Å². The van der Waals surface area contributed by atoms with Crippen molar-refractivity contribution in [1.82, 2.24) is 19.3 Å². The highest BCUT2D eigenvalue weighted by Gasteiger charge is 2.04. The van der Waals surface area contributed by atoms with Crippen LogP contribution in [0, 0.1) is 4.77 Å². The lowest BCUT2D eigenvalue weighted by Crippen LogP contribution is -2.23. The Balaban J connectivity index is 1.88. The number of aromatic nitrogens is 4. The minimum atomic E-state index is -0.0372. The van der Waals surface area contributed by atoms with E-state index in [2.05, 4.69) is 10.1 Å². The van der Waals surface area contributed by atoms with Crippen molar-refractivity contribution >= 4 is 23.1 Å². The Kier molecular flexibility index (Phi) is 3.47. The molecule has 102 valence electrons. The topological polar surface area (TPSA) is 55.6 Å². The average molecular weight is 286 g/mol. The maximum Gasteiger partial charge on any atom is 0.262 e. The van der Waals surface area contributed by atoms with Gasteiger partial charge in [0.15, 0.2) is 4.77 Å². The molecule has 0 fully saturated rings. The Hall–Kier alpha value is -2.21. The highest BCUT2D eigenvalue weighted by atomic mass is 32.1. The van der Waals surface area contributed by atoms with Gasteiger partial charge in [-0.25, -0.2) is 0 Å². The van der Waals surface area contributed by atoms with Crippen molar-refractivity contribution in [1.29, 1.82) is 0 Å². The van der Waals surface area contributed by atoms with Crippen LogP contribution < -0.4 is 5.56 Å². The van der Waals surface area contributed by atoms with Gasteiger partial charge in [-0.3, -0.25) is 14.0 Å². The van der Waals surface area contributed by atoms with E-state index in [1.165, 1.54) is 0 Å². The molecule has 0 unspecified atom stereocenters. The monoisotopic (exact) mass is 286 g/mol. The number of aryl methyl sites for hydroxylation is 1. The summed E-state index contributed by atoms with van der Waals surface area (Å²) >= 11 is 5.27. The second-order valence-corrected chi connectivity index (χ2v) is 4.94. The number of hydrogen-bond donors (Lipinski definition) is 1. The highest BCUT2D eigenvalue weighted by molar-refractivity contribution is 7.71. The van der Waals surface area contributed by atoms with Crippen LogP contribution in [0.1, 0.15) is 6.42 Å². The van der Waals surface area contributed by atoms with Gasteiger partial charge in [0.1, 0.15) is 0 Å². The van der Waals surface area contributed by atoms with E-state index in [-0.39, 0.29) is 5.56 Å². The Morgan fingerprint density at radius 2 is 2.05 bits per heavy atom. The van der Waals surface area contributed by atoms with Crippen molar-refractivity contribution in [3.05, 3.63) is 57.9 Å². The van der Waals surface area contributed by atoms with E-state index in [9.17, 15) is 4.79 Å². The lowest BCUT2D eigenvalue weighted by atomic mass is 10.2. The number of benzene rings is 1. The predicted octanol–water partition coefficient (Wildman–Crippen LogP) is 2.35. The molecule has 1 N–H and O–H groups in total. The number of nitrogens with zero attached hydrogens (tertiary/aromatic N) is 3. The molecular formula is C14H14N4OS. The third kappa shape index (κ3) is 2.42. The van der Waals surface area contributed by atoms with Crippen molar-refractivity contribution < 1.29 is 0 Å². The van der Waals surface area contributed by atoms with Gasteiger partial charge in [0.05, 0.1) is 10.9 Å². The van der Waals surface area contributed by atoms with Gasteiger partial charge in [0.2, 0.25) is 0 Å². The van der Waals surface area contributed by atoms with Crippen molar-refractivity contribution in [2.24, 2.45) is 0 Å². The molecule has 2 aromatic heterocycles. The molecule has 3 aromatic rings. The van der Waals surface area contributed by atoms with Gasteiger partial charge in [-0.05, 0) is 36.8 Å². The van der Waals surface area contributed by atoms with Crippen molar-refractivity contribution in [2.75, 3.05) is 0 Å². The summed E-state index contributed by atoms with van der Waals surface area (Å²) in [6.45, 7) is 1.35. The molecule has 0 atom stereocenters. The van der Waals surface area contributed by atoms with Crippen LogP contribution in [-0.4, -0.2) is 19.3 Å². The van der Waals surface area contributed by atoms with Crippen molar-refractivity contribution in [3.8, 4) is 0 Å². The average Bonchev–Trinajstić information content (AvgIpc) is 2.96. The minimum absolute atomic E-state index is 0.0372. The van der Waals surface area contributed by atoms with E-state index in [1.807, 2.05) is 41.2 Å². The number of hydrogen-bond acceptors (Lipinski definition) is 3. The number of nitrogens with one attached hydrogen (secondary N) is 1. The van der Waals surface area contributed by atoms with Gasteiger partial charge < -0.3 is 4.98 Å². The van der Waals surface area contributed by atoms with E-state index in [0.29, 0.717) is 16.7 Å². The molecule has 0 aliphatic rings. The zero-order valence-electron chi connectivity index (χ0n) is 10.8. The van der Waals surface area contributed by atoms with Gasteiger partial charge in [0.25, 0.3) is 5.56 Å². The van der Waals surface area contributed by atoms with E-state index >= 15 is 0 Å². The summed E-state index contributed by atoms with van der Waals surface area (Å²) in [6.07, 6.45) is 4.45. The molecule has 0 amide bonds. The molecule has 20 heavy (non-hydrogen) atoms.